The van der Waals surface area contributed by atoms with Crippen LogP contribution in [0.2, 0.25) is 5.02 Å². The smallest absolute Gasteiger partial charge is 0.258 e. The zero-order chi connectivity index (χ0) is 21.4. The first kappa shape index (κ1) is 20.4. The highest BCUT2D eigenvalue weighted by atomic mass is 35.5. The second-order valence-corrected chi connectivity index (χ2v) is 8.38. The average Bonchev–Trinajstić information content (AvgIpc) is 2.70. The van der Waals surface area contributed by atoms with Crippen LogP contribution in [0.3, 0.4) is 0 Å². The van der Waals surface area contributed by atoms with Crippen LogP contribution in [-0.4, -0.2) is 34.4 Å². The molecule has 0 radical (unpaired) electrons. The van der Waals surface area contributed by atoms with Gasteiger partial charge in [0, 0.05) is 29.7 Å². The number of anilines is 3. The number of nitrogens with one attached hydrogen (secondary N) is 3. The molecule has 30 heavy (non-hydrogen) atoms. The Labute approximate surface area is 179 Å². The number of H-pyrrole nitrogens is 1. The van der Waals surface area contributed by atoms with Crippen LogP contribution in [0.1, 0.15) is 49.7 Å². The highest BCUT2D eigenvalue weighted by molar-refractivity contribution is 6.31. The van der Waals surface area contributed by atoms with Gasteiger partial charge in [0.1, 0.15) is 5.82 Å². The van der Waals surface area contributed by atoms with E-state index >= 15 is 0 Å². The van der Waals surface area contributed by atoms with Crippen LogP contribution in [0.25, 0.3) is 0 Å². The topological polar surface area (TPSA) is 107 Å². The summed E-state index contributed by atoms with van der Waals surface area (Å²) in [6.45, 7) is 4.71. The number of carbonyl (C=O) groups excluding carboxylic acids is 2. The molecule has 0 bridgehead atoms. The summed E-state index contributed by atoms with van der Waals surface area (Å²) in [5, 5.41) is 5.95. The summed E-state index contributed by atoms with van der Waals surface area (Å²) in [5.74, 6) is -1.14. The molecule has 2 unspecified atom stereocenters. The third kappa shape index (κ3) is 3.92. The van der Waals surface area contributed by atoms with Gasteiger partial charge >= 0.3 is 0 Å². The van der Waals surface area contributed by atoms with Crippen LogP contribution in [0.5, 0.6) is 0 Å². The number of aromatic nitrogens is 2. The molecule has 2 aromatic rings. The van der Waals surface area contributed by atoms with Gasteiger partial charge in [0.2, 0.25) is 17.8 Å². The number of fused-ring (bicyclic) bond motifs is 1. The number of hydrogen-bond donors (Lipinski definition) is 3. The quantitative estimate of drug-likeness (QED) is 0.694. The lowest BCUT2D eigenvalue weighted by molar-refractivity contribution is -0.123. The van der Waals surface area contributed by atoms with Crippen molar-refractivity contribution >= 4 is 40.9 Å². The summed E-state index contributed by atoms with van der Waals surface area (Å²) in [7, 11) is 0. The van der Waals surface area contributed by atoms with Gasteiger partial charge in [-0.2, -0.15) is 4.98 Å². The first-order valence-electron chi connectivity index (χ1n) is 10.1. The van der Waals surface area contributed by atoms with Gasteiger partial charge < -0.3 is 15.5 Å². The zero-order valence-electron chi connectivity index (χ0n) is 16.9. The number of hydrogen-bond acceptors (Lipinski definition) is 5. The summed E-state index contributed by atoms with van der Waals surface area (Å²) < 4.78 is 0. The first-order valence-corrected chi connectivity index (χ1v) is 10.5. The third-order valence-electron chi connectivity index (χ3n) is 5.79. The van der Waals surface area contributed by atoms with Crippen molar-refractivity contribution in [3.8, 4) is 0 Å². The molecule has 158 valence electrons. The molecule has 2 aliphatic heterocycles. The fraction of sp³-hybridized carbons (Fsp3) is 0.429. The van der Waals surface area contributed by atoms with Gasteiger partial charge in [0.05, 0.1) is 11.5 Å². The van der Waals surface area contributed by atoms with Crippen LogP contribution >= 0.6 is 11.6 Å². The number of aryl methyl sites for hydroxylation is 1. The predicted octanol–water partition coefficient (Wildman–Crippen LogP) is 3.18. The van der Waals surface area contributed by atoms with Crippen molar-refractivity contribution in [1.82, 2.24) is 9.97 Å². The van der Waals surface area contributed by atoms with Crippen LogP contribution in [0.4, 0.5) is 17.5 Å². The minimum Gasteiger partial charge on any atom is -0.340 e. The molecule has 1 saturated heterocycles. The van der Waals surface area contributed by atoms with E-state index in [0.717, 1.165) is 31.4 Å². The molecule has 0 spiro atoms. The maximum Gasteiger partial charge on any atom is 0.258 e. The Bertz CT molecular complexity index is 1070. The summed E-state index contributed by atoms with van der Waals surface area (Å²) in [6, 6.07) is 5.40. The standard InChI is InChI=1S/C21H24ClN5O3/c1-11-6-7-13(22)9-15(11)23-19(29)14-10-16(28)24-18-17(14)20(30)26-21(25-18)27-8-4-3-5-12(27)2/h6-7,9,12,14H,3-5,8,10H2,1-2H3,(H,23,29)(H2,24,25,26,28,30). The van der Waals surface area contributed by atoms with Gasteiger partial charge in [0.25, 0.3) is 5.56 Å². The Kier molecular flexibility index (Phi) is 5.51. The van der Waals surface area contributed by atoms with Crippen LogP contribution < -0.4 is 21.1 Å². The molecule has 1 aromatic carbocycles. The zero-order valence-corrected chi connectivity index (χ0v) is 17.7. The molecule has 4 rings (SSSR count). The van der Waals surface area contributed by atoms with E-state index in [4.69, 9.17) is 11.6 Å². The van der Waals surface area contributed by atoms with E-state index in [1.54, 1.807) is 18.2 Å². The van der Waals surface area contributed by atoms with E-state index in [-0.39, 0.29) is 29.8 Å². The predicted molar refractivity (Wildman–Crippen MR) is 116 cm³/mol. The number of rotatable bonds is 3. The number of halogens is 1. The molecule has 2 amide bonds. The van der Waals surface area contributed by atoms with Crippen molar-refractivity contribution in [2.24, 2.45) is 0 Å². The summed E-state index contributed by atoms with van der Waals surface area (Å²) in [6.07, 6.45) is 3.04. The number of aromatic amines is 1. The van der Waals surface area contributed by atoms with Crippen LogP contribution in [0, 0.1) is 6.92 Å². The Hall–Kier alpha value is -2.87. The molecule has 2 aliphatic rings. The van der Waals surface area contributed by atoms with Crippen LogP contribution in [0.15, 0.2) is 23.0 Å². The van der Waals surface area contributed by atoms with E-state index in [2.05, 4.69) is 27.5 Å². The highest BCUT2D eigenvalue weighted by Gasteiger charge is 2.35. The molecule has 3 N–H and O–H groups in total. The Morgan fingerprint density at radius 2 is 2.10 bits per heavy atom. The Morgan fingerprint density at radius 1 is 1.30 bits per heavy atom. The first-order chi connectivity index (χ1) is 14.3. The molecular formula is C21H24ClN5O3. The molecule has 1 fully saturated rings. The second-order valence-electron chi connectivity index (χ2n) is 7.94. The van der Waals surface area contributed by atoms with Crippen molar-refractivity contribution in [1.29, 1.82) is 0 Å². The largest absolute Gasteiger partial charge is 0.340 e. The van der Waals surface area contributed by atoms with Crippen molar-refractivity contribution in [3.05, 3.63) is 44.7 Å². The number of carbonyl (C=O) groups is 2. The molecule has 1 aromatic heterocycles. The van der Waals surface area contributed by atoms with Gasteiger partial charge in [-0.15, -0.1) is 0 Å². The third-order valence-corrected chi connectivity index (χ3v) is 6.02. The SMILES string of the molecule is Cc1ccc(Cl)cc1NC(=O)C1CC(=O)Nc2nc(N3CCCCC3C)[nH]c(=O)c21. The normalized spacial score (nSPS) is 21.0. The van der Waals surface area contributed by atoms with Crippen molar-refractivity contribution in [3.63, 3.8) is 0 Å². The fourth-order valence-corrected chi connectivity index (χ4v) is 4.25. The van der Waals surface area contributed by atoms with Gasteiger partial charge in [-0.25, -0.2) is 0 Å². The highest BCUT2D eigenvalue weighted by Crippen LogP contribution is 2.32. The van der Waals surface area contributed by atoms with E-state index in [9.17, 15) is 14.4 Å². The van der Waals surface area contributed by atoms with E-state index in [0.29, 0.717) is 16.7 Å². The minimum atomic E-state index is -0.934. The fourth-order valence-electron chi connectivity index (χ4n) is 4.08. The number of benzene rings is 1. The number of piperidine rings is 1. The van der Waals surface area contributed by atoms with E-state index in [1.165, 1.54) is 0 Å². The van der Waals surface area contributed by atoms with Crippen molar-refractivity contribution in [2.45, 2.75) is 51.5 Å². The molecule has 9 heteroatoms. The molecule has 2 atom stereocenters. The summed E-state index contributed by atoms with van der Waals surface area (Å²) >= 11 is 6.03. The molecule has 8 nitrogen and oxygen atoms in total. The Balaban J connectivity index is 1.67. The molecule has 0 aliphatic carbocycles. The maximum atomic E-state index is 13.0. The molecular weight excluding hydrogens is 406 g/mol. The Morgan fingerprint density at radius 3 is 2.87 bits per heavy atom. The van der Waals surface area contributed by atoms with Gasteiger partial charge in [-0.1, -0.05) is 17.7 Å². The van der Waals surface area contributed by atoms with Gasteiger partial charge in [-0.3, -0.25) is 19.4 Å². The van der Waals surface area contributed by atoms with Crippen LogP contribution in [-0.2, 0) is 9.59 Å². The van der Waals surface area contributed by atoms with Gasteiger partial charge in [0.15, 0.2) is 0 Å². The summed E-state index contributed by atoms with van der Waals surface area (Å²) in [5.41, 5.74) is 1.15. The lowest BCUT2D eigenvalue weighted by Gasteiger charge is -2.34. The van der Waals surface area contributed by atoms with Crippen molar-refractivity contribution in [2.75, 3.05) is 22.1 Å². The molecule has 3 heterocycles. The monoisotopic (exact) mass is 429 g/mol. The van der Waals surface area contributed by atoms with Gasteiger partial charge in [-0.05, 0) is 50.8 Å². The lowest BCUT2D eigenvalue weighted by Crippen LogP contribution is -2.42. The number of nitrogens with zero attached hydrogens (tertiary/aromatic N) is 2. The van der Waals surface area contributed by atoms with E-state index in [1.807, 2.05) is 11.8 Å². The minimum absolute atomic E-state index is 0.122. The molecule has 0 saturated carbocycles. The summed E-state index contributed by atoms with van der Waals surface area (Å²) in [4.78, 5) is 47.6. The average molecular weight is 430 g/mol. The maximum absolute atomic E-state index is 13.0. The number of amides is 2. The van der Waals surface area contributed by atoms with Crippen molar-refractivity contribution < 1.29 is 9.59 Å². The lowest BCUT2D eigenvalue weighted by atomic mass is 9.92. The second kappa shape index (κ2) is 8.10. The van der Waals surface area contributed by atoms with E-state index < -0.39 is 17.4 Å².